The number of phenols is 1. The Labute approximate surface area is 208 Å². The van der Waals surface area contributed by atoms with Crippen LogP contribution in [0, 0.1) is 0 Å². The summed E-state index contributed by atoms with van der Waals surface area (Å²) in [6.07, 6.45) is -6.03. The number of nitrogens with one attached hydrogen (secondary N) is 1. The molecule has 4 aromatic carbocycles. The molecule has 4 N–H and O–H groups in total. The number of aliphatic hydroxyl groups is 1. The van der Waals surface area contributed by atoms with Crippen molar-refractivity contribution < 1.29 is 42.8 Å². The van der Waals surface area contributed by atoms with Gasteiger partial charge in [-0.1, -0.05) is 30.3 Å². The van der Waals surface area contributed by atoms with Crippen LogP contribution in [0.15, 0.2) is 78.9 Å². The number of aliphatic hydroxyl groups excluding tert-OH is 1. The van der Waals surface area contributed by atoms with E-state index in [1.807, 2.05) is 0 Å². The molecule has 190 valence electrons. The number of alkyl halides is 3. The van der Waals surface area contributed by atoms with Crippen molar-refractivity contribution in [2.24, 2.45) is 0 Å². The largest absolute Gasteiger partial charge is 0.573 e. The average Bonchev–Trinajstić information content (AvgIpc) is 2.86. The zero-order valence-electron chi connectivity index (χ0n) is 19.0. The number of aromatic hydroxyl groups is 1. The molecular formula is C27H20F3NO6. The summed E-state index contributed by atoms with van der Waals surface area (Å²) in [6.45, 7) is 0.0645. The molecule has 0 aliphatic carbocycles. The molecule has 0 aliphatic heterocycles. The first-order valence-corrected chi connectivity index (χ1v) is 10.9. The minimum atomic E-state index is -4.79. The van der Waals surface area contributed by atoms with E-state index in [0.717, 1.165) is 12.1 Å². The predicted octanol–water partition coefficient (Wildman–Crippen LogP) is 5.15. The molecule has 1 unspecified atom stereocenters. The highest BCUT2D eigenvalue weighted by Gasteiger charge is 2.31. The number of fused-ring (bicyclic) bond motifs is 1. The van der Waals surface area contributed by atoms with Gasteiger partial charge in [-0.15, -0.1) is 13.2 Å². The van der Waals surface area contributed by atoms with E-state index < -0.39 is 24.3 Å². The molecule has 1 atom stereocenters. The number of carboxylic acid groups (broad SMARTS) is 1. The Balaban J connectivity index is 1.50. The summed E-state index contributed by atoms with van der Waals surface area (Å²) in [5.74, 6) is -2.07. The smallest absolute Gasteiger partial charge is 0.508 e. The van der Waals surface area contributed by atoms with Gasteiger partial charge in [0.2, 0.25) is 0 Å². The van der Waals surface area contributed by atoms with Crippen LogP contribution >= 0.6 is 0 Å². The number of rotatable bonds is 7. The van der Waals surface area contributed by atoms with Crippen LogP contribution in [-0.2, 0) is 6.54 Å². The van der Waals surface area contributed by atoms with Gasteiger partial charge in [0.25, 0.3) is 5.91 Å². The zero-order chi connectivity index (χ0) is 26.7. The van der Waals surface area contributed by atoms with Crippen LogP contribution in [0.4, 0.5) is 13.2 Å². The van der Waals surface area contributed by atoms with Crippen LogP contribution in [0.2, 0.25) is 0 Å². The third-order valence-electron chi connectivity index (χ3n) is 5.63. The number of benzene rings is 4. The molecule has 0 saturated heterocycles. The van der Waals surface area contributed by atoms with E-state index >= 15 is 0 Å². The Kier molecular flexibility index (Phi) is 7.03. The third kappa shape index (κ3) is 6.17. The summed E-state index contributed by atoms with van der Waals surface area (Å²) in [5.41, 5.74) is 1.46. The lowest BCUT2D eigenvalue weighted by molar-refractivity contribution is -0.274. The average molecular weight is 511 g/mol. The lowest BCUT2D eigenvalue weighted by Gasteiger charge is -2.15. The van der Waals surface area contributed by atoms with Gasteiger partial charge in [0, 0.05) is 17.7 Å². The molecule has 0 saturated carbocycles. The van der Waals surface area contributed by atoms with Crippen LogP contribution in [0.5, 0.6) is 11.5 Å². The van der Waals surface area contributed by atoms with Crippen molar-refractivity contribution in [2.75, 3.05) is 0 Å². The Hall–Kier alpha value is -4.57. The van der Waals surface area contributed by atoms with Crippen LogP contribution in [0.1, 0.15) is 43.5 Å². The van der Waals surface area contributed by atoms with E-state index in [2.05, 4.69) is 10.1 Å². The molecule has 7 nitrogen and oxygen atoms in total. The maximum Gasteiger partial charge on any atom is 0.573 e. The number of carbonyl (C=O) groups is 2. The fraction of sp³-hybridized carbons (Fsp3) is 0.111. The maximum atomic E-state index is 12.7. The number of hydrogen-bond donors (Lipinski definition) is 4. The van der Waals surface area contributed by atoms with Gasteiger partial charge in [-0.3, -0.25) is 4.79 Å². The number of ether oxygens (including phenoxy) is 1. The normalized spacial score (nSPS) is 12.2. The molecule has 0 aliphatic rings. The second-order valence-corrected chi connectivity index (χ2v) is 8.18. The quantitative estimate of drug-likeness (QED) is 0.273. The molecule has 10 heteroatoms. The molecule has 37 heavy (non-hydrogen) atoms. The van der Waals surface area contributed by atoms with Gasteiger partial charge in [-0.25, -0.2) is 4.79 Å². The first-order valence-electron chi connectivity index (χ1n) is 10.9. The number of hydrogen-bond acceptors (Lipinski definition) is 5. The standard InChI is InChI=1S/C27H20F3NO6/c28-27(29,30)37-21-9-1-15(2-10-21)14-31-25(34)19-8-7-18-13-23(32)22(12-20(18)11-19)24(33)16-3-5-17(6-4-16)26(35)36/h1-13,24,32-33H,14H2,(H,31,34)(H,35,36). The van der Waals surface area contributed by atoms with E-state index in [0.29, 0.717) is 27.5 Å². The summed E-state index contributed by atoms with van der Waals surface area (Å²) < 4.78 is 40.7. The number of amides is 1. The summed E-state index contributed by atoms with van der Waals surface area (Å²) in [4.78, 5) is 23.7. The molecule has 0 spiro atoms. The lowest BCUT2D eigenvalue weighted by Crippen LogP contribution is -2.22. The Morgan fingerprint density at radius 2 is 1.51 bits per heavy atom. The van der Waals surface area contributed by atoms with Gasteiger partial charge in [0.1, 0.15) is 17.6 Å². The summed E-state index contributed by atoms with van der Waals surface area (Å²) >= 11 is 0. The van der Waals surface area contributed by atoms with Crippen molar-refractivity contribution in [1.29, 1.82) is 0 Å². The molecule has 1 amide bonds. The fourth-order valence-corrected chi connectivity index (χ4v) is 3.74. The van der Waals surface area contributed by atoms with Crippen LogP contribution < -0.4 is 10.1 Å². The van der Waals surface area contributed by atoms with Crippen LogP contribution in [0.25, 0.3) is 10.8 Å². The number of halogens is 3. The van der Waals surface area contributed by atoms with Crippen molar-refractivity contribution in [2.45, 2.75) is 19.0 Å². The van der Waals surface area contributed by atoms with Gasteiger partial charge >= 0.3 is 12.3 Å². The second-order valence-electron chi connectivity index (χ2n) is 8.18. The van der Waals surface area contributed by atoms with E-state index in [1.54, 1.807) is 18.2 Å². The monoisotopic (exact) mass is 511 g/mol. The molecule has 4 rings (SSSR count). The minimum Gasteiger partial charge on any atom is -0.508 e. The van der Waals surface area contributed by atoms with Gasteiger partial charge in [-0.2, -0.15) is 0 Å². The minimum absolute atomic E-state index is 0.0555. The van der Waals surface area contributed by atoms with Gasteiger partial charge in [0.15, 0.2) is 0 Å². The van der Waals surface area contributed by atoms with Crippen molar-refractivity contribution >= 4 is 22.6 Å². The number of carbonyl (C=O) groups excluding carboxylic acids is 1. The molecule has 0 heterocycles. The zero-order valence-corrected chi connectivity index (χ0v) is 19.0. The Morgan fingerprint density at radius 3 is 2.14 bits per heavy atom. The summed E-state index contributed by atoms with van der Waals surface area (Å²) in [6, 6.07) is 18.4. The van der Waals surface area contributed by atoms with Gasteiger partial charge in [-0.05, 0) is 70.4 Å². The van der Waals surface area contributed by atoms with Gasteiger partial charge in [0.05, 0.1) is 5.56 Å². The first-order chi connectivity index (χ1) is 17.5. The van der Waals surface area contributed by atoms with E-state index in [1.165, 1.54) is 48.5 Å². The molecule has 4 aromatic rings. The van der Waals surface area contributed by atoms with Crippen LogP contribution in [0.3, 0.4) is 0 Å². The highest BCUT2D eigenvalue weighted by atomic mass is 19.4. The molecule has 0 aromatic heterocycles. The lowest BCUT2D eigenvalue weighted by atomic mass is 9.96. The summed E-state index contributed by atoms with van der Waals surface area (Å²) in [7, 11) is 0. The molecule has 0 radical (unpaired) electrons. The number of carboxylic acids is 1. The van der Waals surface area contributed by atoms with Crippen molar-refractivity contribution in [1.82, 2.24) is 5.32 Å². The van der Waals surface area contributed by atoms with E-state index in [9.17, 15) is 33.0 Å². The third-order valence-corrected chi connectivity index (χ3v) is 5.63. The highest BCUT2D eigenvalue weighted by molar-refractivity contribution is 5.99. The van der Waals surface area contributed by atoms with Crippen molar-refractivity contribution in [3.8, 4) is 11.5 Å². The first kappa shape index (κ1) is 25.5. The van der Waals surface area contributed by atoms with Crippen LogP contribution in [-0.4, -0.2) is 33.6 Å². The predicted molar refractivity (Wildman–Crippen MR) is 127 cm³/mol. The second kappa shape index (κ2) is 10.2. The van der Waals surface area contributed by atoms with Crippen molar-refractivity contribution in [3.63, 3.8) is 0 Å². The van der Waals surface area contributed by atoms with E-state index in [-0.39, 0.29) is 29.2 Å². The van der Waals surface area contributed by atoms with Gasteiger partial charge < -0.3 is 25.4 Å². The molecule has 0 bridgehead atoms. The fourth-order valence-electron chi connectivity index (χ4n) is 3.74. The Morgan fingerprint density at radius 1 is 0.865 bits per heavy atom. The van der Waals surface area contributed by atoms with Crippen molar-refractivity contribution in [3.05, 3.63) is 107 Å². The molecular weight excluding hydrogens is 491 g/mol. The SMILES string of the molecule is O=C(O)c1ccc(C(O)c2cc3cc(C(=O)NCc4ccc(OC(F)(F)F)cc4)ccc3cc2O)cc1. The number of aromatic carboxylic acids is 1. The number of phenolic OH excluding ortho intramolecular Hbond substituents is 1. The Bertz CT molecular complexity index is 1450. The molecule has 0 fully saturated rings. The van der Waals surface area contributed by atoms with E-state index in [4.69, 9.17) is 5.11 Å². The highest BCUT2D eigenvalue weighted by Crippen LogP contribution is 2.33. The summed E-state index contributed by atoms with van der Waals surface area (Å²) in [5, 5.41) is 34.1. The maximum absolute atomic E-state index is 12.7. The topological polar surface area (TPSA) is 116 Å².